The van der Waals surface area contributed by atoms with Crippen molar-refractivity contribution in [2.75, 3.05) is 7.11 Å². The Morgan fingerprint density at radius 3 is 2.38 bits per heavy atom. The van der Waals surface area contributed by atoms with Crippen LogP contribution in [-0.2, 0) is 9.53 Å². The summed E-state index contributed by atoms with van der Waals surface area (Å²) in [6.45, 7) is 1.37. The molecule has 46 valence electrons. The lowest BCUT2D eigenvalue weighted by Gasteiger charge is -1.95. The number of ether oxygens (including phenoxy) is 1. The summed E-state index contributed by atoms with van der Waals surface area (Å²) in [4.78, 5) is 19.8. The van der Waals surface area contributed by atoms with Crippen molar-refractivity contribution >= 4 is 5.97 Å². The molecule has 0 rings (SSSR count). The van der Waals surface area contributed by atoms with Gasteiger partial charge in [-0.05, 0) is 6.92 Å². The maximum atomic E-state index is 10.2. The molecule has 0 spiro atoms. The molecule has 0 fully saturated rings. The number of hydrogen-bond donors (Lipinski definition) is 0. The van der Waals surface area contributed by atoms with Crippen molar-refractivity contribution in [3.63, 3.8) is 0 Å². The normalized spacial score (nSPS) is 12.2. The molecule has 0 bridgehead atoms. The molecule has 1 atom stereocenters. The summed E-state index contributed by atoms with van der Waals surface area (Å²) in [6.07, 6.45) is 0. The number of nitroso groups, excluding NO2 is 1. The van der Waals surface area contributed by atoms with Gasteiger partial charge in [0.05, 0.1) is 7.11 Å². The summed E-state index contributed by atoms with van der Waals surface area (Å²) in [5.41, 5.74) is 0. The Morgan fingerprint density at radius 1 is 1.75 bits per heavy atom. The number of hydrogen-bond acceptors (Lipinski definition) is 4. The van der Waals surface area contributed by atoms with Crippen molar-refractivity contribution in [1.82, 2.24) is 0 Å². The van der Waals surface area contributed by atoms with Crippen LogP contribution in [0.1, 0.15) is 6.92 Å². The molecule has 0 radical (unpaired) electrons. The molecule has 8 heavy (non-hydrogen) atoms. The van der Waals surface area contributed by atoms with Crippen molar-refractivity contribution in [3.8, 4) is 0 Å². The van der Waals surface area contributed by atoms with E-state index in [0.717, 1.165) is 0 Å². The first-order valence-corrected chi connectivity index (χ1v) is 2.12. The molecule has 0 aromatic heterocycles. The van der Waals surface area contributed by atoms with E-state index >= 15 is 0 Å². The van der Waals surface area contributed by atoms with E-state index in [9.17, 15) is 9.70 Å². The fraction of sp³-hybridized carbons (Fsp3) is 0.750. The van der Waals surface area contributed by atoms with E-state index in [2.05, 4.69) is 9.91 Å². The van der Waals surface area contributed by atoms with Gasteiger partial charge in [-0.2, -0.15) is 0 Å². The lowest BCUT2D eigenvalue weighted by atomic mass is 10.4. The van der Waals surface area contributed by atoms with E-state index in [1.807, 2.05) is 0 Å². The molecule has 0 amide bonds. The molecule has 4 nitrogen and oxygen atoms in total. The number of esters is 1. The Morgan fingerprint density at radius 2 is 2.25 bits per heavy atom. The SMILES string of the molecule is COC(=O)C(C)N=O. The predicted octanol–water partition coefficient (Wildman–Crippen LogP) is 0.314. The minimum atomic E-state index is -0.875. The van der Waals surface area contributed by atoms with Crippen LogP contribution < -0.4 is 0 Å². The van der Waals surface area contributed by atoms with Crippen LogP contribution in [0.5, 0.6) is 0 Å². The molecule has 0 aromatic carbocycles. The number of carbonyl (C=O) groups excluding carboxylic acids is 1. The van der Waals surface area contributed by atoms with Gasteiger partial charge in [0, 0.05) is 0 Å². The molecule has 0 aromatic rings. The van der Waals surface area contributed by atoms with Gasteiger partial charge in [-0.25, -0.2) is 4.79 Å². The molecule has 0 aliphatic rings. The highest BCUT2D eigenvalue weighted by molar-refractivity contribution is 5.75. The summed E-state index contributed by atoms with van der Waals surface area (Å²) in [5.74, 6) is -0.597. The second kappa shape index (κ2) is 3.12. The fourth-order valence-electron chi connectivity index (χ4n) is 0.214. The lowest BCUT2D eigenvalue weighted by molar-refractivity contribution is -0.141. The molecule has 0 aliphatic carbocycles. The summed E-state index contributed by atoms with van der Waals surface area (Å²) in [7, 11) is 1.21. The second-order valence-corrected chi connectivity index (χ2v) is 1.30. The summed E-state index contributed by atoms with van der Waals surface area (Å²) in [5, 5.41) is 2.43. The Labute approximate surface area is 46.8 Å². The zero-order chi connectivity index (χ0) is 6.57. The number of rotatable bonds is 2. The number of nitrogens with zero attached hydrogens (tertiary/aromatic N) is 1. The average Bonchev–Trinajstić information content (AvgIpc) is 1.84. The number of carbonyl (C=O) groups is 1. The molecule has 0 heterocycles. The van der Waals surface area contributed by atoms with Crippen LogP contribution in [0.2, 0.25) is 0 Å². The Balaban J connectivity index is 3.62. The van der Waals surface area contributed by atoms with Gasteiger partial charge < -0.3 is 4.74 Å². The third-order valence-corrected chi connectivity index (χ3v) is 0.700. The number of methoxy groups -OCH3 is 1. The lowest BCUT2D eigenvalue weighted by Crippen LogP contribution is -2.14. The Bertz CT molecular complexity index is 101. The summed E-state index contributed by atoms with van der Waals surface area (Å²) < 4.78 is 4.17. The zero-order valence-corrected chi connectivity index (χ0v) is 4.75. The summed E-state index contributed by atoms with van der Waals surface area (Å²) >= 11 is 0. The van der Waals surface area contributed by atoms with Gasteiger partial charge in [-0.15, -0.1) is 4.91 Å². The van der Waals surface area contributed by atoms with Crippen molar-refractivity contribution < 1.29 is 9.53 Å². The van der Waals surface area contributed by atoms with E-state index in [1.165, 1.54) is 14.0 Å². The largest absolute Gasteiger partial charge is 0.467 e. The minimum Gasteiger partial charge on any atom is -0.467 e. The first-order chi connectivity index (χ1) is 3.72. The summed E-state index contributed by atoms with van der Waals surface area (Å²) in [6, 6.07) is -0.875. The van der Waals surface area contributed by atoms with Crippen LogP contribution >= 0.6 is 0 Å². The van der Waals surface area contributed by atoms with E-state index in [4.69, 9.17) is 0 Å². The van der Waals surface area contributed by atoms with Gasteiger partial charge in [0.2, 0.25) is 0 Å². The topological polar surface area (TPSA) is 55.7 Å². The maximum absolute atomic E-state index is 10.2. The van der Waals surface area contributed by atoms with Crippen LogP contribution in [-0.4, -0.2) is 19.1 Å². The van der Waals surface area contributed by atoms with Crippen LogP contribution in [0, 0.1) is 4.91 Å². The maximum Gasteiger partial charge on any atom is 0.333 e. The molecule has 0 saturated carbocycles. The van der Waals surface area contributed by atoms with Gasteiger partial charge in [0.25, 0.3) is 0 Å². The van der Waals surface area contributed by atoms with Crippen molar-refractivity contribution in [2.45, 2.75) is 13.0 Å². The van der Waals surface area contributed by atoms with Gasteiger partial charge in [-0.3, -0.25) is 0 Å². The van der Waals surface area contributed by atoms with Crippen molar-refractivity contribution in [2.24, 2.45) is 5.18 Å². The first-order valence-electron chi connectivity index (χ1n) is 2.12. The molecule has 1 unspecified atom stereocenters. The van der Waals surface area contributed by atoms with Gasteiger partial charge in [0.1, 0.15) is 0 Å². The van der Waals surface area contributed by atoms with Crippen molar-refractivity contribution in [3.05, 3.63) is 4.91 Å². The van der Waals surface area contributed by atoms with Gasteiger partial charge in [-0.1, -0.05) is 5.18 Å². The molecule has 0 saturated heterocycles. The van der Waals surface area contributed by atoms with E-state index in [-0.39, 0.29) is 0 Å². The van der Waals surface area contributed by atoms with Gasteiger partial charge >= 0.3 is 5.97 Å². The first kappa shape index (κ1) is 7.07. The van der Waals surface area contributed by atoms with E-state index in [0.29, 0.717) is 0 Å². The van der Waals surface area contributed by atoms with Crippen LogP contribution in [0.4, 0.5) is 0 Å². The van der Waals surface area contributed by atoms with E-state index < -0.39 is 12.0 Å². The Kier molecular flexibility index (Phi) is 2.76. The average molecular weight is 117 g/mol. The molecular formula is C4H7NO3. The quantitative estimate of drug-likeness (QED) is 0.386. The minimum absolute atomic E-state index is 0.597. The smallest absolute Gasteiger partial charge is 0.333 e. The molecule has 0 aliphatic heterocycles. The van der Waals surface area contributed by atoms with E-state index in [1.54, 1.807) is 0 Å². The monoisotopic (exact) mass is 117 g/mol. The molecule has 0 N–H and O–H groups in total. The van der Waals surface area contributed by atoms with Gasteiger partial charge in [0.15, 0.2) is 6.04 Å². The third-order valence-electron chi connectivity index (χ3n) is 0.700. The second-order valence-electron chi connectivity index (χ2n) is 1.30. The highest BCUT2D eigenvalue weighted by atomic mass is 16.5. The predicted molar refractivity (Wildman–Crippen MR) is 27.3 cm³/mol. The van der Waals surface area contributed by atoms with Crippen LogP contribution in [0.3, 0.4) is 0 Å². The fourth-order valence-corrected chi connectivity index (χ4v) is 0.214. The molecule has 4 heteroatoms. The Hall–Kier alpha value is -0.930. The van der Waals surface area contributed by atoms with Crippen molar-refractivity contribution in [1.29, 1.82) is 0 Å². The van der Waals surface area contributed by atoms with Crippen LogP contribution in [0.15, 0.2) is 5.18 Å². The third kappa shape index (κ3) is 1.68. The highest BCUT2D eigenvalue weighted by Crippen LogP contribution is 1.89. The standard InChI is InChI=1S/C4H7NO3/c1-3(5-7)4(6)8-2/h3H,1-2H3. The van der Waals surface area contributed by atoms with Crippen LogP contribution in [0.25, 0.3) is 0 Å². The molecular weight excluding hydrogens is 110 g/mol. The zero-order valence-electron chi connectivity index (χ0n) is 4.75. The highest BCUT2D eigenvalue weighted by Gasteiger charge is 2.11.